The molecule has 2 aliphatic carbocycles. The summed E-state index contributed by atoms with van der Waals surface area (Å²) in [5.41, 5.74) is 0.765. The van der Waals surface area contributed by atoms with Crippen LogP contribution >= 0.6 is 0 Å². The van der Waals surface area contributed by atoms with Crippen molar-refractivity contribution in [3.8, 4) is 0 Å². The third kappa shape index (κ3) is 2.28. The van der Waals surface area contributed by atoms with Gasteiger partial charge in [0.05, 0.1) is 11.7 Å². The van der Waals surface area contributed by atoms with Crippen LogP contribution in [0, 0.1) is 0 Å². The van der Waals surface area contributed by atoms with Gasteiger partial charge in [0, 0.05) is 12.1 Å². The summed E-state index contributed by atoms with van der Waals surface area (Å²) < 4.78 is 6.35. The van der Waals surface area contributed by atoms with E-state index < -0.39 is 0 Å². The fraction of sp³-hybridized carbons (Fsp3) is 1.00. The zero-order valence-electron chi connectivity index (χ0n) is 10.6. The maximum atomic E-state index is 6.35. The average molecular weight is 223 g/mol. The van der Waals surface area contributed by atoms with Gasteiger partial charge in [0.25, 0.3) is 0 Å². The third-order valence-electron chi connectivity index (χ3n) is 4.86. The molecule has 0 bridgehead atoms. The molecule has 3 aliphatic rings. The molecule has 0 aromatic carbocycles. The minimum Gasteiger partial charge on any atom is -0.370 e. The zero-order valence-corrected chi connectivity index (χ0v) is 10.6. The van der Waals surface area contributed by atoms with E-state index in [2.05, 4.69) is 12.2 Å². The fourth-order valence-electron chi connectivity index (χ4n) is 3.33. The quantitative estimate of drug-likeness (QED) is 0.794. The van der Waals surface area contributed by atoms with Gasteiger partial charge >= 0.3 is 0 Å². The van der Waals surface area contributed by atoms with Crippen molar-refractivity contribution in [2.75, 3.05) is 6.54 Å². The van der Waals surface area contributed by atoms with E-state index in [0.29, 0.717) is 17.2 Å². The molecule has 3 rings (SSSR count). The smallest absolute Gasteiger partial charge is 0.0708 e. The van der Waals surface area contributed by atoms with Crippen LogP contribution in [-0.4, -0.2) is 23.8 Å². The topological polar surface area (TPSA) is 21.3 Å². The first-order chi connectivity index (χ1) is 7.70. The number of ether oxygens (including phenoxy) is 1. The summed E-state index contributed by atoms with van der Waals surface area (Å²) in [5, 5.41) is 3.67. The van der Waals surface area contributed by atoms with Gasteiger partial charge in [-0.15, -0.1) is 0 Å². The van der Waals surface area contributed by atoms with E-state index >= 15 is 0 Å². The molecule has 0 aromatic rings. The van der Waals surface area contributed by atoms with Gasteiger partial charge in [0.1, 0.15) is 0 Å². The fourth-order valence-corrected chi connectivity index (χ4v) is 3.33. The van der Waals surface area contributed by atoms with E-state index in [4.69, 9.17) is 4.74 Å². The summed E-state index contributed by atoms with van der Waals surface area (Å²) in [6.45, 7) is 3.41. The minimum atomic E-state index is 0.301. The summed E-state index contributed by atoms with van der Waals surface area (Å²) in [5.74, 6) is 0. The predicted octanol–water partition coefficient (Wildman–Crippen LogP) is 3.01. The van der Waals surface area contributed by atoms with Gasteiger partial charge in [0.2, 0.25) is 0 Å². The Labute approximate surface area is 99.1 Å². The van der Waals surface area contributed by atoms with E-state index in [9.17, 15) is 0 Å². The monoisotopic (exact) mass is 223 g/mol. The Kier molecular flexibility index (Phi) is 2.75. The van der Waals surface area contributed by atoms with Gasteiger partial charge in [-0.2, -0.15) is 0 Å². The molecule has 0 amide bonds. The molecule has 3 fully saturated rings. The molecule has 1 N–H and O–H groups in total. The van der Waals surface area contributed by atoms with Gasteiger partial charge in [0.15, 0.2) is 0 Å². The molecule has 0 aromatic heterocycles. The van der Waals surface area contributed by atoms with Gasteiger partial charge in [-0.25, -0.2) is 0 Å². The number of hydrogen-bond acceptors (Lipinski definition) is 2. The summed E-state index contributed by atoms with van der Waals surface area (Å²) in [4.78, 5) is 0. The highest BCUT2D eigenvalue weighted by Crippen LogP contribution is 2.42. The lowest BCUT2D eigenvalue weighted by atomic mass is 9.83. The van der Waals surface area contributed by atoms with E-state index in [-0.39, 0.29) is 0 Å². The molecule has 1 heterocycles. The number of rotatable bonds is 3. The highest BCUT2D eigenvalue weighted by atomic mass is 16.5. The Balaban J connectivity index is 1.48. The van der Waals surface area contributed by atoms with Crippen molar-refractivity contribution in [2.24, 2.45) is 0 Å². The van der Waals surface area contributed by atoms with Crippen molar-refractivity contribution >= 4 is 0 Å². The van der Waals surface area contributed by atoms with E-state index in [0.717, 1.165) is 6.54 Å². The van der Waals surface area contributed by atoms with Crippen LogP contribution in [-0.2, 0) is 4.74 Å². The van der Waals surface area contributed by atoms with Crippen LogP contribution in [0.1, 0.15) is 64.7 Å². The van der Waals surface area contributed by atoms with Crippen LogP contribution in [0.3, 0.4) is 0 Å². The lowest BCUT2D eigenvalue weighted by Gasteiger charge is -2.33. The minimum absolute atomic E-state index is 0.301. The Hall–Kier alpha value is -0.0800. The number of nitrogens with one attached hydrogen (secondary N) is 1. The Morgan fingerprint density at radius 3 is 2.50 bits per heavy atom. The van der Waals surface area contributed by atoms with Crippen molar-refractivity contribution in [1.29, 1.82) is 0 Å². The van der Waals surface area contributed by atoms with Crippen LogP contribution in [0.4, 0.5) is 0 Å². The average Bonchev–Trinajstić information content (AvgIpc) is 2.91. The van der Waals surface area contributed by atoms with Crippen molar-refractivity contribution < 1.29 is 4.74 Å². The molecule has 1 spiro atoms. The highest BCUT2D eigenvalue weighted by molar-refractivity contribution is 4.99. The lowest BCUT2D eigenvalue weighted by Crippen LogP contribution is -2.38. The summed E-state index contributed by atoms with van der Waals surface area (Å²) in [7, 11) is 0. The highest BCUT2D eigenvalue weighted by Gasteiger charge is 2.42. The standard InChI is InChI=1S/C14H25NO/c1-13(9-10-13)15-11-12-5-8-14(16-12)6-3-2-4-7-14/h12,15H,2-11H2,1H3. The summed E-state index contributed by atoms with van der Waals surface area (Å²) in [6, 6.07) is 0. The second-order valence-electron chi connectivity index (χ2n) is 6.46. The van der Waals surface area contributed by atoms with Crippen LogP contribution in [0.25, 0.3) is 0 Å². The van der Waals surface area contributed by atoms with Crippen LogP contribution in [0.2, 0.25) is 0 Å². The SMILES string of the molecule is CC1(NCC2CCC3(CCCCC3)O2)CC1. The van der Waals surface area contributed by atoms with Gasteiger partial charge in [-0.05, 0) is 45.4 Å². The third-order valence-corrected chi connectivity index (χ3v) is 4.86. The van der Waals surface area contributed by atoms with Crippen LogP contribution < -0.4 is 5.32 Å². The molecule has 1 aliphatic heterocycles. The molecule has 2 nitrogen and oxygen atoms in total. The zero-order chi connectivity index (χ0) is 11.1. The summed E-state index contributed by atoms with van der Waals surface area (Å²) in [6.07, 6.45) is 12.6. The van der Waals surface area contributed by atoms with E-state index in [1.54, 1.807) is 0 Å². The maximum absolute atomic E-state index is 6.35. The molecule has 16 heavy (non-hydrogen) atoms. The Bertz CT molecular complexity index is 253. The van der Waals surface area contributed by atoms with Crippen molar-refractivity contribution in [1.82, 2.24) is 5.32 Å². The van der Waals surface area contributed by atoms with Crippen molar-refractivity contribution in [2.45, 2.75) is 82.0 Å². The number of hydrogen-bond donors (Lipinski definition) is 1. The molecule has 0 radical (unpaired) electrons. The normalized spacial score (nSPS) is 35.4. The lowest BCUT2D eigenvalue weighted by molar-refractivity contribution is -0.0630. The first-order valence-electron chi connectivity index (χ1n) is 7.13. The molecule has 2 heteroatoms. The molecule has 1 saturated heterocycles. The second kappa shape index (κ2) is 3.99. The first kappa shape index (κ1) is 11.0. The Morgan fingerprint density at radius 2 is 1.81 bits per heavy atom. The molecule has 92 valence electrons. The van der Waals surface area contributed by atoms with Crippen LogP contribution in [0.15, 0.2) is 0 Å². The van der Waals surface area contributed by atoms with Crippen molar-refractivity contribution in [3.63, 3.8) is 0 Å². The molecule has 1 atom stereocenters. The first-order valence-corrected chi connectivity index (χ1v) is 7.13. The van der Waals surface area contributed by atoms with Gasteiger partial charge in [-0.1, -0.05) is 19.3 Å². The second-order valence-corrected chi connectivity index (χ2v) is 6.46. The molecule has 1 unspecified atom stereocenters. The summed E-state index contributed by atoms with van der Waals surface area (Å²) >= 11 is 0. The van der Waals surface area contributed by atoms with Gasteiger partial charge < -0.3 is 10.1 Å². The predicted molar refractivity (Wildman–Crippen MR) is 65.6 cm³/mol. The largest absolute Gasteiger partial charge is 0.370 e. The molecule has 2 saturated carbocycles. The molecular formula is C14H25NO. The van der Waals surface area contributed by atoms with Crippen LogP contribution in [0.5, 0.6) is 0 Å². The van der Waals surface area contributed by atoms with Crippen molar-refractivity contribution in [3.05, 3.63) is 0 Å². The van der Waals surface area contributed by atoms with E-state index in [1.807, 2.05) is 0 Å². The Morgan fingerprint density at radius 1 is 1.06 bits per heavy atom. The van der Waals surface area contributed by atoms with Gasteiger partial charge in [-0.3, -0.25) is 0 Å². The maximum Gasteiger partial charge on any atom is 0.0708 e. The van der Waals surface area contributed by atoms with E-state index in [1.165, 1.54) is 57.8 Å². The molecular weight excluding hydrogens is 198 g/mol.